The molecule has 0 saturated carbocycles. The minimum absolute atomic E-state index is 0.0997. The van der Waals surface area contributed by atoms with Gasteiger partial charge in [0.1, 0.15) is 5.82 Å². The Labute approximate surface area is 130 Å². The maximum atomic E-state index is 12.0. The number of nitrogens with one attached hydrogen (secondary N) is 1. The van der Waals surface area contributed by atoms with Crippen molar-refractivity contribution in [2.24, 2.45) is 0 Å². The molecule has 0 amide bonds. The summed E-state index contributed by atoms with van der Waals surface area (Å²) in [5.41, 5.74) is 0.574. The third kappa shape index (κ3) is 3.61. The van der Waals surface area contributed by atoms with Crippen LogP contribution in [0.4, 0.5) is 5.82 Å². The summed E-state index contributed by atoms with van der Waals surface area (Å²) in [6, 6.07) is 7.15. The molecule has 0 aromatic carbocycles. The van der Waals surface area contributed by atoms with Crippen LogP contribution in [0, 0.1) is 0 Å². The van der Waals surface area contributed by atoms with Gasteiger partial charge in [0.25, 0.3) is 5.56 Å². The molecule has 0 fully saturated rings. The van der Waals surface area contributed by atoms with Gasteiger partial charge in [-0.15, -0.1) is 0 Å². The van der Waals surface area contributed by atoms with Gasteiger partial charge in [0.2, 0.25) is 0 Å². The Bertz CT molecular complexity index is 657. The van der Waals surface area contributed by atoms with Gasteiger partial charge in [-0.1, -0.05) is 18.5 Å². The second-order valence-electron chi connectivity index (χ2n) is 4.34. The molecule has 4 nitrogen and oxygen atoms in total. The largest absolute Gasteiger partial charge is 0.370 e. The summed E-state index contributed by atoms with van der Waals surface area (Å²) in [6.45, 7) is 3.29. The smallest absolute Gasteiger partial charge is 0.265 e. The van der Waals surface area contributed by atoms with Gasteiger partial charge in [0, 0.05) is 12.7 Å². The first kappa shape index (κ1) is 15.1. The Balaban J connectivity index is 2.28. The topological polar surface area (TPSA) is 46.9 Å². The minimum Gasteiger partial charge on any atom is -0.370 e. The fourth-order valence-corrected chi connectivity index (χ4v) is 2.29. The molecule has 6 heteroatoms. The van der Waals surface area contributed by atoms with Crippen molar-refractivity contribution < 1.29 is 0 Å². The van der Waals surface area contributed by atoms with Crippen molar-refractivity contribution in [3.05, 3.63) is 56.0 Å². The van der Waals surface area contributed by atoms with Crippen LogP contribution in [-0.2, 0) is 6.54 Å². The van der Waals surface area contributed by atoms with Crippen molar-refractivity contribution in [3.8, 4) is 0 Å². The monoisotopic (exact) mass is 355 g/mol. The highest BCUT2D eigenvalue weighted by Gasteiger charge is 2.07. The summed E-state index contributed by atoms with van der Waals surface area (Å²) in [7, 11) is 0. The lowest BCUT2D eigenvalue weighted by atomic mass is 10.3. The second-order valence-corrected chi connectivity index (χ2v) is 5.60. The maximum Gasteiger partial charge on any atom is 0.265 e. The fourth-order valence-electron chi connectivity index (χ4n) is 1.74. The van der Waals surface area contributed by atoms with E-state index >= 15 is 0 Å². The van der Waals surface area contributed by atoms with Crippen molar-refractivity contribution in [2.75, 3.05) is 11.9 Å². The molecule has 0 aliphatic heterocycles. The molecule has 106 valence electrons. The van der Waals surface area contributed by atoms with Crippen molar-refractivity contribution in [1.29, 1.82) is 0 Å². The molecule has 2 rings (SSSR count). The van der Waals surface area contributed by atoms with Crippen molar-refractivity contribution >= 4 is 33.3 Å². The van der Waals surface area contributed by atoms with E-state index in [4.69, 9.17) is 11.6 Å². The van der Waals surface area contributed by atoms with Crippen molar-refractivity contribution in [1.82, 2.24) is 9.55 Å². The molecule has 0 aliphatic rings. The van der Waals surface area contributed by atoms with E-state index in [9.17, 15) is 4.79 Å². The van der Waals surface area contributed by atoms with Gasteiger partial charge in [-0.3, -0.25) is 4.79 Å². The highest BCUT2D eigenvalue weighted by Crippen LogP contribution is 2.17. The van der Waals surface area contributed by atoms with Crippen LogP contribution in [-0.4, -0.2) is 16.1 Å². The number of aromatic nitrogens is 2. The SMILES string of the molecule is CCCNc1ccc(Cl)c(Cn2cccc(Br)c2=O)n1. The Kier molecular flexibility index (Phi) is 5.20. The highest BCUT2D eigenvalue weighted by molar-refractivity contribution is 9.10. The molecule has 0 saturated heterocycles. The molecular weight excluding hydrogens is 342 g/mol. The normalized spacial score (nSPS) is 10.6. The summed E-state index contributed by atoms with van der Waals surface area (Å²) < 4.78 is 2.10. The number of hydrogen-bond acceptors (Lipinski definition) is 3. The van der Waals surface area contributed by atoms with Crippen LogP contribution in [0.25, 0.3) is 0 Å². The Morgan fingerprint density at radius 1 is 1.40 bits per heavy atom. The van der Waals surface area contributed by atoms with E-state index in [1.807, 2.05) is 6.07 Å². The zero-order valence-corrected chi connectivity index (χ0v) is 13.4. The first-order chi connectivity index (χ1) is 9.61. The zero-order valence-electron chi connectivity index (χ0n) is 11.1. The van der Waals surface area contributed by atoms with E-state index in [2.05, 4.69) is 33.2 Å². The average molecular weight is 357 g/mol. The van der Waals surface area contributed by atoms with Crippen molar-refractivity contribution in [2.45, 2.75) is 19.9 Å². The van der Waals surface area contributed by atoms with Crippen molar-refractivity contribution in [3.63, 3.8) is 0 Å². The maximum absolute atomic E-state index is 12.0. The number of anilines is 1. The molecule has 1 N–H and O–H groups in total. The lowest BCUT2D eigenvalue weighted by Gasteiger charge is -2.10. The standard InChI is InChI=1S/C14H15BrClN3O/c1-2-7-17-13-6-5-11(16)12(18-13)9-19-8-3-4-10(15)14(19)20/h3-6,8H,2,7,9H2,1H3,(H,17,18). The van der Waals surface area contributed by atoms with Gasteiger partial charge < -0.3 is 9.88 Å². The first-order valence-corrected chi connectivity index (χ1v) is 7.53. The predicted octanol–water partition coefficient (Wildman–Crippen LogP) is 3.53. The summed E-state index contributed by atoms with van der Waals surface area (Å²) in [5.74, 6) is 0.772. The number of pyridine rings is 2. The van der Waals surface area contributed by atoms with E-state index in [-0.39, 0.29) is 5.56 Å². The van der Waals surface area contributed by atoms with Crippen LogP contribution in [0.1, 0.15) is 19.0 Å². The summed E-state index contributed by atoms with van der Waals surface area (Å²) in [6.07, 6.45) is 2.74. The molecule has 2 aromatic rings. The molecule has 2 heterocycles. The van der Waals surface area contributed by atoms with E-state index in [1.54, 1.807) is 29.0 Å². The van der Waals surface area contributed by atoms with Crippen LogP contribution in [0.3, 0.4) is 0 Å². The molecule has 0 spiro atoms. The fraction of sp³-hybridized carbons (Fsp3) is 0.286. The third-order valence-electron chi connectivity index (χ3n) is 2.77. The molecule has 0 bridgehead atoms. The zero-order chi connectivity index (χ0) is 14.5. The molecule has 20 heavy (non-hydrogen) atoms. The van der Waals surface area contributed by atoms with E-state index in [1.165, 1.54) is 0 Å². The quantitative estimate of drug-likeness (QED) is 0.891. The lowest BCUT2D eigenvalue weighted by molar-refractivity contribution is 0.736. The molecule has 2 aromatic heterocycles. The summed E-state index contributed by atoms with van der Waals surface area (Å²) in [5, 5.41) is 3.76. The molecule has 0 atom stereocenters. The van der Waals surface area contributed by atoms with E-state index in [0.717, 1.165) is 18.8 Å². The first-order valence-electron chi connectivity index (χ1n) is 6.36. The van der Waals surface area contributed by atoms with E-state index < -0.39 is 0 Å². The van der Waals surface area contributed by atoms with Crippen LogP contribution in [0.15, 0.2) is 39.7 Å². The van der Waals surface area contributed by atoms with Gasteiger partial charge in [0.15, 0.2) is 0 Å². The van der Waals surface area contributed by atoms with Gasteiger partial charge >= 0.3 is 0 Å². The summed E-state index contributed by atoms with van der Waals surface area (Å²) in [4.78, 5) is 16.4. The van der Waals surface area contributed by atoms with Crippen LogP contribution >= 0.6 is 27.5 Å². The minimum atomic E-state index is -0.0997. The van der Waals surface area contributed by atoms with Crippen LogP contribution in [0.2, 0.25) is 5.02 Å². The number of rotatable bonds is 5. The number of halogens is 2. The number of nitrogens with zero attached hydrogens (tertiary/aromatic N) is 2. The Hall–Kier alpha value is -1.33. The van der Waals surface area contributed by atoms with E-state index in [0.29, 0.717) is 21.7 Å². The van der Waals surface area contributed by atoms with Gasteiger partial charge in [-0.2, -0.15) is 0 Å². The predicted molar refractivity (Wildman–Crippen MR) is 85.5 cm³/mol. The average Bonchev–Trinajstić information content (AvgIpc) is 2.44. The number of hydrogen-bond donors (Lipinski definition) is 1. The van der Waals surface area contributed by atoms with Gasteiger partial charge in [0.05, 0.1) is 21.7 Å². The van der Waals surface area contributed by atoms with Gasteiger partial charge in [-0.05, 0) is 46.6 Å². The van der Waals surface area contributed by atoms with Crippen LogP contribution in [0.5, 0.6) is 0 Å². The molecule has 0 radical (unpaired) electrons. The highest BCUT2D eigenvalue weighted by atomic mass is 79.9. The molecular formula is C14H15BrClN3O. The molecule has 0 unspecified atom stereocenters. The Morgan fingerprint density at radius 3 is 2.95 bits per heavy atom. The third-order valence-corrected chi connectivity index (χ3v) is 3.72. The second kappa shape index (κ2) is 6.90. The Morgan fingerprint density at radius 2 is 2.20 bits per heavy atom. The van der Waals surface area contributed by atoms with Crippen LogP contribution < -0.4 is 10.9 Å². The molecule has 0 aliphatic carbocycles. The summed E-state index contributed by atoms with van der Waals surface area (Å²) >= 11 is 9.38. The van der Waals surface area contributed by atoms with Gasteiger partial charge in [-0.25, -0.2) is 4.98 Å². The lowest BCUT2D eigenvalue weighted by Crippen LogP contribution is -2.21.